The molecule has 1 aromatic heterocycles. The molecule has 148 valence electrons. The topological polar surface area (TPSA) is 66.6 Å². The van der Waals surface area contributed by atoms with Gasteiger partial charge in [-0.2, -0.15) is 5.10 Å². The van der Waals surface area contributed by atoms with Crippen LogP contribution in [0.3, 0.4) is 0 Å². The quantitative estimate of drug-likeness (QED) is 0.570. The Hall–Kier alpha value is -3.34. The molecular formula is C24H25N3O2. The Labute approximate surface area is 170 Å². The van der Waals surface area contributed by atoms with E-state index in [0.717, 1.165) is 46.8 Å². The molecule has 0 bridgehead atoms. The Kier molecular flexibility index (Phi) is 4.97. The summed E-state index contributed by atoms with van der Waals surface area (Å²) in [4.78, 5) is 12.8. The molecule has 0 atom stereocenters. The molecule has 0 saturated carbocycles. The number of hydrogen-bond donors (Lipinski definition) is 2. The lowest BCUT2D eigenvalue weighted by molar-refractivity contribution is 0.0993. The van der Waals surface area contributed by atoms with Crippen LogP contribution in [0.25, 0.3) is 0 Å². The molecule has 2 aromatic carbocycles. The van der Waals surface area contributed by atoms with Gasteiger partial charge in [0.05, 0.1) is 11.4 Å². The van der Waals surface area contributed by atoms with Crippen molar-refractivity contribution in [3.63, 3.8) is 0 Å². The van der Waals surface area contributed by atoms with Crippen LogP contribution in [0.1, 0.15) is 47.7 Å². The van der Waals surface area contributed by atoms with Crippen LogP contribution in [-0.4, -0.2) is 11.6 Å². The summed E-state index contributed by atoms with van der Waals surface area (Å²) in [5.74, 6) is 0.936. The van der Waals surface area contributed by atoms with Gasteiger partial charge in [0.1, 0.15) is 5.76 Å². The van der Waals surface area contributed by atoms with Gasteiger partial charge >= 0.3 is 0 Å². The lowest BCUT2D eigenvalue weighted by atomic mass is 9.75. The number of nitrogens with zero attached hydrogens (tertiary/aromatic N) is 1. The van der Waals surface area contributed by atoms with Crippen molar-refractivity contribution in [3.8, 4) is 0 Å². The zero-order valence-corrected chi connectivity index (χ0v) is 17.0. The van der Waals surface area contributed by atoms with Crippen molar-refractivity contribution >= 4 is 23.0 Å². The first-order chi connectivity index (χ1) is 13.9. The third-order valence-corrected chi connectivity index (χ3v) is 5.13. The Bertz CT molecular complexity index is 1050. The molecule has 1 amide bonds. The lowest BCUT2D eigenvalue weighted by Crippen LogP contribution is -2.27. The van der Waals surface area contributed by atoms with Gasteiger partial charge < -0.3 is 9.73 Å². The van der Waals surface area contributed by atoms with E-state index in [4.69, 9.17) is 4.42 Å². The molecule has 3 aromatic rings. The summed E-state index contributed by atoms with van der Waals surface area (Å²) in [5.41, 5.74) is 7.51. The maximum Gasteiger partial charge on any atom is 0.291 e. The number of hydrazone groups is 1. The third kappa shape index (κ3) is 4.09. The molecule has 0 fully saturated rings. The number of para-hydroxylation sites is 2. The Morgan fingerprint density at radius 3 is 2.24 bits per heavy atom. The van der Waals surface area contributed by atoms with Crippen molar-refractivity contribution < 1.29 is 9.21 Å². The minimum absolute atomic E-state index is 0.00166. The molecule has 0 spiro atoms. The van der Waals surface area contributed by atoms with Crippen molar-refractivity contribution in [1.82, 2.24) is 0 Å². The smallest absolute Gasteiger partial charge is 0.291 e. The average Bonchev–Trinajstić information content (AvgIpc) is 3.03. The van der Waals surface area contributed by atoms with Gasteiger partial charge in [0.15, 0.2) is 5.76 Å². The van der Waals surface area contributed by atoms with E-state index in [9.17, 15) is 4.79 Å². The van der Waals surface area contributed by atoms with E-state index < -0.39 is 0 Å². The van der Waals surface area contributed by atoms with E-state index in [2.05, 4.69) is 29.7 Å². The number of rotatable bonds is 4. The van der Waals surface area contributed by atoms with E-state index >= 15 is 0 Å². The summed E-state index contributed by atoms with van der Waals surface area (Å²) in [7, 11) is 0. The van der Waals surface area contributed by atoms with Gasteiger partial charge in [0.25, 0.3) is 5.91 Å². The molecule has 0 radical (unpaired) electrons. The summed E-state index contributed by atoms with van der Waals surface area (Å²) in [5, 5.41) is 7.60. The molecular weight excluding hydrogens is 362 g/mol. The molecule has 0 unspecified atom stereocenters. The van der Waals surface area contributed by atoms with Gasteiger partial charge in [-0.05, 0) is 43.0 Å². The predicted molar refractivity (Wildman–Crippen MR) is 117 cm³/mol. The summed E-state index contributed by atoms with van der Waals surface area (Å²) in [6.45, 7) is 6.31. The van der Waals surface area contributed by atoms with Gasteiger partial charge in [0, 0.05) is 23.2 Å². The highest BCUT2D eigenvalue weighted by molar-refractivity contribution is 6.09. The number of amides is 1. The Morgan fingerprint density at radius 1 is 0.966 bits per heavy atom. The van der Waals surface area contributed by atoms with Crippen LogP contribution in [0.5, 0.6) is 0 Å². The van der Waals surface area contributed by atoms with Crippen LogP contribution in [0, 0.1) is 12.3 Å². The predicted octanol–water partition coefficient (Wildman–Crippen LogP) is 5.63. The fraction of sp³-hybridized carbons (Fsp3) is 0.250. The minimum atomic E-state index is -0.240. The summed E-state index contributed by atoms with van der Waals surface area (Å²) < 4.78 is 6.07. The first-order valence-electron chi connectivity index (χ1n) is 9.80. The van der Waals surface area contributed by atoms with Crippen LogP contribution in [0.4, 0.5) is 11.4 Å². The average molecular weight is 387 g/mol. The molecule has 5 heteroatoms. The first-order valence-corrected chi connectivity index (χ1v) is 9.80. The molecule has 4 rings (SSSR count). The lowest BCUT2D eigenvalue weighted by Gasteiger charge is -2.29. The first kappa shape index (κ1) is 19.0. The number of carbonyl (C=O) groups is 1. The molecule has 2 N–H and O–H groups in total. The largest absolute Gasteiger partial charge is 0.455 e. The van der Waals surface area contributed by atoms with Crippen molar-refractivity contribution in [2.24, 2.45) is 10.5 Å². The van der Waals surface area contributed by atoms with Gasteiger partial charge in [-0.25, -0.2) is 0 Å². The second kappa shape index (κ2) is 7.59. The van der Waals surface area contributed by atoms with E-state index in [-0.39, 0.29) is 11.3 Å². The van der Waals surface area contributed by atoms with E-state index in [1.165, 1.54) is 0 Å². The summed E-state index contributed by atoms with van der Waals surface area (Å²) in [6.07, 6.45) is 1.58. The minimum Gasteiger partial charge on any atom is -0.455 e. The van der Waals surface area contributed by atoms with Crippen molar-refractivity contribution in [2.45, 2.75) is 33.6 Å². The van der Waals surface area contributed by atoms with Crippen LogP contribution < -0.4 is 10.7 Å². The van der Waals surface area contributed by atoms with Gasteiger partial charge in [-0.15, -0.1) is 0 Å². The normalized spacial score (nSPS) is 16.3. The van der Waals surface area contributed by atoms with Crippen LogP contribution in [0.15, 0.2) is 70.2 Å². The van der Waals surface area contributed by atoms with Crippen LogP contribution in [0.2, 0.25) is 0 Å². The Morgan fingerprint density at radius 2 is 1.59 bits per heavy atom. The van der Waals surface area contributed by atoms with Crippen molar-refractivity contribution in [3.05, 3.63) is 83.3 Å². The Balaban J connectivity index is 1.67. The standard InChI is InChI=1S/C24H25N3O2/c1-16-21-19(27-26-18-12-8-5-9-13-18)14-24(2,3)15-20(21)29-22(16)23(28)25-17-10-6-4-7-11-17/h4-13,26H,14-15H2,1-3H3,(H,25,28)/b27-19-. The molecule has 1 aliphatic rings. The second-order valence-corrected chi connectivity index (χ2v) is 8.23. The molecule has 0 saturated heterocycles. The van der Waals surface area contributed by atoms with Gasteiger partial charge in [-0.3, -0.25) is 10.2 Å². The van der Waals surface area contributed by atoms with Crippen molar-refractivity contribution in [1.29, 1.82) is 0 Å². The zero-order chi connectivity index (χ0) is 20.4. The molecule has 1 heterocycles. The molecule has 0 aliphatic heterocycles. The molecule has 29 heavy (non-hydrogen) atoms. The van der Waals surface area contributed by atoms with Crippen LogP contribution in [-0.2, 0) is 6.42 Å². The highest BCUT2D eigenvalue weighted by Gasteiger charge is 2.36. The number of carbonyl (C=O) groups excluding carboxylic acids is 1. The number of hydrogen-bond acceptors (Lipinski definition) is 4. The molecule has 1 aliphatic carbocycles. The highest BCUT2D eigenvalue weighted by atomic mass is 16.4. The van der Waals surface area contributed by atoms with E-state index in [1.54, 1.807) is 0 Å². The summed E-state index contributed by atoms with van der Waals surface area (Å²) in [6, 6.07) is 19.2. The van der Waals surface area contributed by atoms with Gasteiger partial charge in [-0.1, -0.05) is 50.2 Å². The number of anilines is 2. The SMILES string of the molecule is Cc1c(C(=O)Nc2ccccc2)oc2c1/C(=N\Nc1ccccc1)CC(C)(C)C2. The maximum atomic E-state index is 12.8. The number of benzene rings is 2. The van der Waals surface area contributed by atoms with Crippen molar-refractivity contribution in [2.75, 3.05) is 10.7 Å². The fourth-order valence-corrected chi connectivity index (χ4v) is 3.78. The monoisotopic (exact) mass is 387 g/mol. The number of nitrogens with one attached hydrogen (secondary N) is 2. The third-order valence-electron chi connectivity index (χ3n) is 5.13. The van der Waals surface area contributed by atoms with E-state index in [1.807, 2.05) is 67.6 Å². The highest BCUT2D eigenvalue weighted by Crippen LogP contribution is 2.39. The summed E-state index contributed by atoms with van der Waals surface area (Å²) >= 11 is 0. The number of fused-ring (bicyclic) bond motifs is 1. The second-order valence-electron chi connectivity index (χ2n) is 8.23. The van der Waals surface area contributed by atoms with Crippen LogP contribution >= 0.6 is 0 Å². The zero-order valence-electron chi connectivity index (χ0n) is 17.0. The fourth-order valence-electron chi connectivity index (χ4n) is 3.78. The number of furan rings is 1. The van der Waals surface area contributed by atoms with E-state index in [0.29, 0.717) is 5.76 Å². The van der Waals surface area contributed by atoms with Gasteiger partial charge in [0.2, 0.25) is 0 Å². The maximum absolute atomic E-state index is 12.8. The molecule has 5 nitrogen and oxygen atoms in total.